The van der Waals surface area contributed by atoms with Gasteiger partial charge in [-0.3, -0.25) is 14.5 Å². The number of hydrogen-bond donors (Lipinski definition) is 1. The van der Waals surface area contributed by atoms with E-state index in [1.165, 1.54) is 11.1 Å². The fourth-order valence-electron chi connectivity index (χ4n) is 4.52. The van der Waals surface area contributed by atoms with Crippen molar-refractivity contribution in [2.75, 3.05) is 26.2 Å². The molecule has 0 aromatic heterocycles. The van der Waals surface area contributed by atoms with E-state index in [1.807, 2.05) is 42.2 Å². The molecule has 0 unspecified atom stereocenters. The zero-order valence-corrected chi connectivity index (χ0v) is 19.3. The van der Waals surface area contributed by atoms with Crippen molar-refractivity contribution in [1.82, 2.24) is 15.1 Å². The SMILES string of the molecule is Cc1ccccc1C(=O)N[C@@H](C)C(=O)N1CCN(C(c2ccccc2)c2ccccc2)CC1. The summed E-state index contributed by atoms with van der Waals surface area (Å²) < 4.78 is 0. The number of carbonyl (C=O) groups is 2. The van der Waals surface area contributed by atoms with Gasteiger partial charge >= 0.3 is 0 Å². The van der Waals surface area contributed by atoms with Crippen molar-refractivity contribution in [1.29, 1.82) is 0 Å². The molecule has 170 valence electrons. The molecule has 33 heavy (non-hydrogen) atoms. The lowest BCUT2D eigenvalue weighted by Crippen LogP contribution is -2.54. The number of nitrogens with zero attached hydrogens (tertiary/aromatic N) is 2. The van der Waals surface area contributed by atoms with Gasteiger partial charge in [0.25, 0.3) is 5.91 Å². The molecule has 3 aromatic rings. The third-order valence-corrected chi connectivity index (χ3v) is 6.33. The molecule has 1 aliphatic heterocycles. The van der Waals surface area contributed by atoms with Crippen LogP contribution in [0.15, 0.2) is 84.9 Å². The van der Waals surface area contributed by atoms with Crippen molar-refractivity contribution in [3.05, 3.63) is 107 Å². The molecule has 1 aliphatic rings. The van der Waals surface area contributed by atoms with Gasteiger partial charge < -0.3 is 10.2 Å². The second-order valence-electron chi connectivity index (χ2n) is 8.60. The van der Waals surface area contributed by atoms with E-state index in [0.29, 0.717) is 18.7 Å². The molecule has 0 bridgehead atoms. The van der Waals surface area contributed by atoms with Gasteiger partial charge in [-0.1, -0.05) is 78.9 Å². The molecule has 5 heteroatoms. The Morgan fingerprint density at radius 3 is 1.82 bits per heavy atom. The zero-order chi connectivity index (χ0) is 23.2. The molecular weight excluding hydrogens is 410 g/mol. The van der Waals surface area contributed by atoms with Crippen LogP contribution >= 0.6 is 0 Å². The Morgan fingerprint density at radius 1 is 0.758 bits per heavy atom. The first-order chi connectivity index (χ1) is 16.0. The summed E-state index contributed by atoms with van der Waals surface area (Å²) in [6.07, 6.45) is 0. The lowest BCUT2D eigenvalue weighted by molar-refractivity contribution is -0.134. The van der Waals surface area contributed by atoms with Gasteiger partial charge in [0.1, 0.15) is 6.04 Å². The standard InChI is InChI=1S/C28H31N3O2/c1-21-11-9-10-16-25(21)27(32)29-22(2)28(33)31-19-17-30(18-20-31)26(23-12-5-3-6-13-23)24-14-7-4-8-15-24/h3-16,22,26H,17-20H2,1-2H3,(H,29,32)/t22-/m0/s1. The van der Waals surface area contributed by atoms with Crippen LogP contribution in [0.4, 0.5) is 0 Å². The Kier molecular flexibility index (Phi) is 7.20. The molecule has 0 spiro atoms. The Balaban J connectivity index is 1.40. The van der Waals surface area contributed by atoms with Crippen LogP contribution in [0.1, 0.15) is 40.0 Å². The Bertz CT molecular complexity index is 1040. The van der Waals surface area contributed by atoms with Crippen molar-refractivity contribution in [2.45, 2.75) is 25.9 Å². The minimum Gasteiger partial charge on any atom is -0.341 e. The number of piperazine rings is 1. The van der Waals surface area contributed by atoms with Gasteiger partial charge in [-0.2, -0.15) is 0 Å². The Hall–Kier alpha value is -3.44. The van der Waals surface area contributed by atoms with Gasteiger partial charge in [0, 0.05) is 31.7 Å². The first-order valence-electron chi connectivity index (χ1n) is 11.5. The largest absolute Gasteiger partial charge is 0.341 e. The molecule has 1 fully saturated rings. The summed E-state index contributed by atoms with van der Waals surface area (Å²) in [6.45, 7) is 6.49. The summed E-state index contributed by atoms with van der Waals surface area (Å²) in [7, 11) is 0. The number of aryl methyl sites for hydroxylation is 1. The van der Waals surface area contributed by atoms with Gasteiger partial charge in [0.15, 0.2) is 0 Å². The van der Waals surface area contributed by atoms with Crippen molar-refractivity contribution < 1.29 is 9.59 Å². The van der Waals surface area contributed by atoms with Crippen LogP contribution in [-0.4, -0.2) is 53.8 Å². The van der Waals surface area contributed by atoms with E-state index >= 15 is 0 Å². The predicted octanol–water partition coefficient (Wildman–Crippen LogP) is 4.05. The first-order valence-corrected chi connectivity index (χ1v) is 11.5. The van der Waals surface area contributed by atoms with Gasteiger partial charge in [-0.05, 0) is 36.6 Å². The van der Waals surface area contributed by atoms with Gasteiger partial charge in [-0.25, -0.2) is 0 Å². The van der Waals surface area contributed by atoms with E-state index in [2.05, 4.69) is 58.7 Å². The zero-order valence-electron chi connectivity index (χ0n) is 19.3. The molecule has 0 saturated carbocycles. The lowest BCUT2D eigenvalue weighted by Gasteiger charge is -2.40. The molecule has 1 heterocycles. The maximum absolute atomic E-state index is 13.1. The average Bonchev–Trinajstić information content (AvgIpc) is 2.86. The highest BCUT2D eigenvalue weighted by Gasteiger charge is 2.30. The smallest absolute Gasteiger partial charge is 0.252 e. The third-order valence-electron chi connectivity index (χ3n) is 6.33. The van der Waals surface area contributed by atoms with Crippen LogP contribution in [0.5, 0.6) is 0 Å². The molecule has 1 saturated heterocycles. The van der Waals surface area contributed by atoms with Crippen molar-refractivity contribution in [3.8, 4) is 0 Å². The molecule has 4 rings (SSSR count). The normalized spacial score (nSPS) is 15.3. The van der Waals surface area contributed by atoms with Gasteiger partial charge in [0.05, 0.1) is 6.04 Å². The van der Waals surface area contributed by atoms with Gasteiger partial charge in [0.2, 0.25) is 5.91 Å². The van der Waals surface area contributed by atoms with Crippen LogP contribution in [-0.2, 0) is 4.79 Å². The maximum atomic E-state index is 13.1. The number of benzene rings is 3. The number of amides is 2. The van der Waals surface area contributed by atoms with E-state index in [4.69, 9.17) is 0 Å². The Labute approximate surface area is 196 Å². The minimum atomic E-state index is -0.567. The van der Waals surface area contributed by atoms with Crippen LogP contribution in [0, 0.1) is 6.92 Å². The lowest BCUT2D eigenvalue weighted by atomic mass is 9.96. The first kappa shape index (κ1) is 22.7. The highest BCUT2D eigenvalue weighted by atomic mass is 16.2. The summed E-state index contributed by atoms with van der Waals surface area (Å²) in [6, 6.07) is 28.0. The molecule has 0 aliphatic carbocycles. The average molecular weight is 442 g/mol. The predicted molar refractivity (Wildman–Crippen MR) is 131 cm³/mol. The Morgan fingerprint density at radius 2 is 1.27 bits per heavy atom. The maximum Gasteiger partial charge on any atom is 0.252 e. The fraction of sp³-hybridized carbons (Fsp3) is 0.286. The van der Waals surface area contributed by atoms with E-state index < -0.39 is 6.04 Å². The minimum absolute atomic E-state index is 0.0347. The summed E-state index contributed by atoms with van der Waals surface area (Å²) in [5.74, 6) is -0.242. The fourth-order valence-corrected chi connectivity index (χ4v) is 4.52. The summed E-state index contributed by atoms with van der Waals surface area (Å²) >= 11 is 0. The highest BCUT2D eigenvalue weighted by Crippen LogP contribution is 2.29. The molecule has 1 N–H and O–H groups in total. The van der Waals surface area contributed by atoms with Crippen molar-refractivity contribution >= 4 is 11.8 Å². The number of rotatable bonds is 6. The number of hydrogen-bond acceptors (Lipinski definition) is 3. The highest BCUT2D eigenvalue weighted by molar-refractivity contribution is 5.98. The molecule has 0 radical (unpaired) electrons. The summed E-state index contributed by atoms with van der Waals surface area (Å²) in [4.78, 5) is 30.0. The molecule has 2 amide bonds. The van der Waals surface area contributed by atoms with Crippen molar-refractivity contribution in [2.24, 2.45) is 0 Å². The van der Waals surface area contributed by atoms with Crippen LogP contribution in [0.25, 0.3) is 0 Å². The molecule has 1 atom stereocenters. The molecule has 5 nitrogen and oxygen atoms in total. The monoisotopic (exact) mass is 441 g/mol. The topological polar surface area (TPSA) is 52.7 Å². The van der Waals surface area contributed by atoms with E-state index in [9.17, 15) is 9.59 Å². The van der Waals surface area contributed by atoms with E-state index in [1.54, 1.807) is 13.0 Å². The summed E-state index contributed by atoms with van der Waals surface area (Å²) in [5.41, 5.74) is 4.01. The second kappa shape index (κ2) is 10.5. The number of carbonyl (C=O) groups excluding carboxylic acids is 2. The third kappa shape index (κ3) is 5.32. The van der Waals surface area contributed by atoms with Crippen LogP contribution < -0.4 is 5.32 Å². The molecular formula is C28H31N3O2. The quantitative estimate of drug-likeness (QED) is 0.628. The van der Waals surface area contributed by atoms with Crippen molar-refractivity contribution in [3.63, 3.8) is 0 Å². The van der Waals surface area contributed by atoms with E-state index in [-0.39, 0.29) is 17.9 Å². The number of nitrogens with one attached hydrogen (secondary N) is 1. The second-order valence-corrected chi connectivity index (χ2v) is 8.60. The van der Waals surface area contributed by atoms with Crippen LogP contribution in [0.2, 0.25) is 0 Å². The molecule has 3 aromatic carbocycles. The summed E-state index contributed by atoms with van der Waals surface area (Å²) in [5, 5.41) is 2.88. The van der Waals surface area contributed by atoms with Crippen LogP contribution in [0.3, 0.4) is 0 Å². The van der Waals surface area contributed by atoms with E-state index in [0.717, 1.165) is 18.7 Å². The van der Waals surface area contributed by atoms with Gasteiger partial charge in [-0.15, -0.1) is 0 Å².